The molecular weight excluding hydrogens is 428 g/mol. The minimum atomic E-state index is -0.0443. The average Bonchev–Trinajstić information content (AvgIpc) is 3.33. The Morgan fingerprint density at radius 2 is 2.00 bits per heavy atom. The van der Waals surface area contributed by atoms with E-state index < -0.39 is 0 Å². The van der Waals surface area contributed by atoms with Crippen LogP contribution >= 0.6 is 0 Å². The number of methoxy groups -OCH3 is 1. The van der Waals surface area contributed by atoms with Gasteiger partial charge in [0.15, 0.2) is 11.5 Å². The Balaban J connectivity index is 1.30. The fraction of sp³-hybridized carbons (Fsp3) is 0.536. The van der Waals surface area contributed by atoms with Crippen LogP contribution < -0.4 is 9.47 Å². The van der Waals surface area contributed by atoms with Gasteiger partial charge in [0.2, 0.25) is 5.91 Å². The lowest BCUT2D eigenvalue weighted by molar-refractivity contribution is -0.130. The van der Waals surface area contributed by atoms with Gasteiger partial charge < -0.3 is 23.7 Å². The van der Waals surface area contributed by atoms with Crippen molar-refractivity contribution in [3.8, 4) is 11.5 Å². The van der Waals surface area contributed by atoms with Gasteiger partial charge in [-0.25, -0.2) is 0 Å². The van der Waals surface area contributed by atoms with Gasteiger partial charge in [0.1, 0.15) is 6.10 Å². The monoisotopic (exact) mass is 462 g/mol. The molecule has 1 aromatic carbocycles. The predicted octanol–water partition coefficient (Wildman–Crippen LogP) is 4.35. The van der Waals surface area contributed by atoms with E-state index in [4.69, 9.17) is 13.9 Å². The zero-order valence-electron chi connectivity index (χ0n) is 20.3. The smallest absolute Gasteiger partial charge is 0.246 e. The summed E-state index contributed by atoms with van der Waals surface area (Å²) in [4.78, 5) is 17.6. The molecule has 2 saturated carbocycles. The summed E-state index contributed by atoms with van der Waals surface area (Å²) in [5, 5.41) is 0. The molecule has 1 aliphatic heterocycles. The van der Waals surface area contributed by atoms with E-state index in [1.807, 2.05) is 24.1 Å². The van der Waals surface area contributed by atoms with Crippen molar-refractivity contribution in [1.82, 2.24) is 9.80 Å². The number of carbonyl (C=O) groups excluding carboxylic acids is 1. The van der Waals surface area contributed by atoms with Crippen LogP contribution in [-0.2, 0) is 11.2 Å². The molecule has 6 rings (SSSR count). The van der Waals surface area contributed by atoms with Crippen LogP contribution in [-0.4, -0.2) is 61.6 Å². The van der Waals surface area contributed by atoms with E-state index in [0.717, 1.165) is 42.2 Å². The Bertz CT molecular complexity index is 1090. The van der Waals surface area contributed by atoms with Crippen LogP contribution in [0.5, 0.6) is 11.5 Å². The zero-order valence-corrected chi connectivity index (χ0v) is 20.3. The van der Waals surface area contributed by atoms with Gasteiger partial charge in [-0.1, -0.05) is 6.07 Å². The molecule has 0 saturated heterocycles. The second-order valence-corrected chi connectivity index (χ2v) is 10.6. The Kier molecular flexibility index (Phi) is 5.44. The van der Waals surface area contributed by atoms with Crippen LogP contribution in [0.4, 0.5) is 0 Å². The summed E-state index contributed by atoms with van der Waals surface area (Å²) < 4.78 is 17.5. The van der Waals surface area contributed by atoms with Gasteiger partial charge in [0.05, 0.1) is 25.7 Å². The van der Waals surface area contributed by atoms with Gasteiger partial charge in [-0.3, -0.25) is 4.79 Å². The normalized spacial score (nSPS) is 29.2. The number of amides is 1. The Morgan fingerprint density at radius 1 is 1.15 bits per heavy atom. The summed E-state index contributed by atoms with van der Waals surface area (Å²) in [7, 11) is 5.94. The van der Waals surface area contributed by atoms with Gasteiger partial charge in [0.25, 0.3) is 0 Å². The van der Waals surface area contributed by atoms with Crippen molar-refractivity contribution in [3.63, 3.8) is 0 Å². The van der Waals surface area contributed by atoms with Crippen molar-refractivity contribution >= 4 is 12.0 Å². The van der Waals surface area contributed by atoms with E-state index in [9.17, 15) is 4.79 Å². The van der Waals surface area contributed by atoms with Crippen molar-refractivity contribution in [2.45, 2.75) is 56.2 Å². The SMILES string of the molecule is COc1ccc2c3c1O[C@@H]1C3[C@@H](CC[C@H]1N(C)C(=O)/C=C/c1ccoc1)[C@H](N(C)CC1CC1)C2. The van der Waals surface area contributed by atoms with Gasteiger partial charge in [-0.15, -0.1) is 0 Å². The topological polar surface area (TPSA) is 55.2 Å². The third-order valence-corrected chi connectivity index (χ3v) is 8.59. The first-order valence-corrected chi connectivity index (χ1v) is 12.6. The standard InChI is InChI=1S/C28H34N2O4/c1-29(15-17-4-5-17)22-14-19-7-10-23(32-3)28-25(19)26-20(22)8-9-21(27(26)34-28)30(2)24(31)11-6-18-12-13-33-16-18/h6-7,10-13,16-17,20-22,26-27H,4-5,8-9,14-15H2,1-3H3/b11-6+/t20-,21+,22+,26?,27-/m0/s1. The first kappa shape index (κ1) is 21.8. The van der Waals surface area contributed by atoms with Gasteiger partial charge >= 0.3 is 0 Å². The molecule has 1 unspecified atom stereocenters. The molecule has 34 heavy (non-hydrogen) atoms. The van der Waals surface area contributed by atoms with Crippen molar-refractivity contribution < 1.29 is 18.7 Å². The number of hydrogen-bond acceptors (Lipinski definition) is 5. The third kappa shape index (κ3) is 3.63. The highest BCUT2D eigenvalue weighted by molar-refractivity contribution is 5.91. The molecule has 0 radical (unpaired) electrons. The van der Waals surface area contributed by atoms with Crippen molar-refractivity contribution in [3.05, 3.63) is 53.5 Å². The van der Waals surface area contributed by atoms with E-state index in [1.54, 1.807) is 25.7 Å². The highest BCUT2D eigenvalue weighted by atomic mass is 16.5. The highest BCUT2D eigenvalue weighted by Crippen LogP contribution is 2.58. The maximum Gasteiger partial charge on any atom is 0.246 e. The molecule has 6 nitrogen and oxygen atoms in total. The highest BCUT2D eigenvalue weighted by Gasteiger charge is 2.55. The van der Waals surface area contributed by atoms with Gasteiger partial charge in [-0.2, -0.15) is 0 Å². The maximum atomic E-state index is 13.1. The number of hydrogen-bond donors (Lipinski definition) is 0. The molecule has 5 atom stereocenters. The van der Waals surface area contributed by atoms with E-state index >= 15 is 0 Å². The second kappa shape index (κ2) is 8.49. The van der Waals surface area contributed by atoms with Crippen LogP contribution in [0, 0.1) is 11.8 Å². The molecule has 180 valence electrons. The van der Waals surface area contributed by atoms with Crippen LogP contribution in [0.15, 0.2) is 41.2 Å². The van der Waals surface area contributed by atoms with Crippen LogP contribution in [0.2, 0.25) is 0 Å². The molecule has 0 bridgehead atoms. The second-order valence-electron chi connectivity index (χ2n) is 10.6. The van der Waals surface area contributed by atoms with E-state index in [-0.39, 0.29) is 18.1 Å². The maximum absolute atomic E-state index is 13.1. The summed E-state index contributed by atoms with van der Waals surface area (Å²) in [5.41, 5.74) is 3.62. The first-order valence-electron chi connectivity index (χ1n) is 12.6. The molecule has 3 aliphatic carbocycles. The van der Waals surface area contributed by atoms with Crippen LogP contribution in [0.1, 0.15) is 48.3 Å². The molecular formula is C28H34N2O4. The zero-order chi connectivity index (χ0) is 23.4. The summed E-state index contributed by atoms with van der Waals surface area (Å²) in [6.07, 6.45) is 12.5. The minimum Gasteiger partial charge on any atom is -0.493 e. The molecule has 1 amide bonds. The number of benzene rings is 1. The molecule has 2 aromatic rings. The molecule has 4 aliphatic rings. The fourth-order valence-corrected chi connectivity index (χ4v) is 6.67. The number of carbonyl (C=O) groups is 1. The lowest BCUT2D eigenvalue weighted by Gasteiger charge is -2.49. The third-order valence-electron chi connectivity index (χ3n) is 8.59. The summed E-state index contributed by atoms with van der Waals surface area (Å²) in [6, 6.07) is 6.69. The largest absolute Gasteiger partial charge is 0.493 e. The summed E-state index contributed by atoms with van der Waals surface area (Å²) >= 11 is 0. The van der Waals surface area contributed by atoms with Crippen LogP contribution in [0.25, 0.3) is 6.08 Å². The predicted molar refractivity (Wildman–Crippen MR) is 130 cm³/mol. The lowest BCUT2D eigenvalue weighted by Crippen LogP contribution is -2.56. The molecule has 1 aromatic heterocycles. The lowest BCUT2D eigenvalue weighted by atomic mass is 9.63. The quantitative estimate of drug-likeness (QED) is 0.573. The summed E-state index contributed by atoms with van der Waals surface area (Å²) in [6.45, 7) is 1.19. The van der Waals surface area contributed by atoms with E-state index in [2.05, 4.69) is 24.1 Å². The number of furan rings is 1. The molecule has 2 fully saturated rings. The molecule has 6 heteroatoms. The van der Waals surface area contributed by atoms with Crippen molar-refractivity contribution in [2.75, 3.05) is 27.7 Å². The van der Waals surface area contributed by atoms with Gasteiger partial charge in [-0.05, 0) is 74.8 Å². The molecule has 0 spiro atoms. The van der Waals surface area contributed by atoms with Crippen molar-refractivity contribution in [2.24, 2.45) is 11.8 Å². The van der Waals surface area contributed by atoms with Crippen LogP contribution in [0.3, 0.4) is 0 Å². The number of nitrogens with zero attached hydrogens (tertiary/aromatic N) is 2. The van der Waals surface area contributed by atoms with Gasteiger partial charge in [0, 0.05) is 42.8 Å². The fourth-order valence-electron chi connectivity index (χ4n) is 6.67. The average molecular weight is 463 g/mol. The Labute approximate surface area is 201 Å². The number of ether oxygens (including phenoxy) is 2. The Hall–Kier alpha value is -2.73. The number of likely N-dealkylation sites (N-methyl/N-ethyl adjacent to an activating group) is 2. The summed E-state index contributed by atoms with van der Waals surface area (Å²) in [5.74, 6) is 3.42. The molecule has 0 N–H and O–H groups in total. The minimum absolute atomic E-state index is 0.00499. The van der Waals surface area contributed by atoms with E-state index in [1.165, 1.54) is 30.5 Å². The molecule has 2 heterocycles. The van der Waals surface area contributed by atoms with Crippen molar-refractivity contribution in [1.29, 1.82) is 0 Å². The first-order chi connectivity index (χ1) is 16.5. The number of rotatable bonds is 7. The Morgan fingerprint density at radius 3 is 2.74 bits per heavy atom. The van der Waals surface area contributed by atoms with E-state index in [0.29, 0.717) is 17.9 Å².